The van der Waals surface area contributed by atoms with Crippen molar-refractivity contribution in [1.29, 1.82) is 0 Å². The van der Waals surface area contributed by atoms with E-state index in [1.807, 2.05) is 37.8 Å². The van der Waals surface area contributed by atoms with Gasteiger partial charge in [-0.1, -0.05) is 31.2 Å². The van der Waals surface area contributed by atoms with Crippen LogP contribution in [-0.4, -0.2) is 54.6 Å². The molecule has 0 radical (unpaired) electrons. The Labute approximate surface area is 212 Å². The van der Waals surface area contributed by atoms with Crippen molar-refractivity contribution in [2.45, 2.75) is 51.3 Å². The molecular weight excluding hydrogens is 478 g/mol. The Kier molecular flexibility index (Phi) is 7.33. The lowest BCUT2D eigenvalue weighted by molar-refractivity contribution is -0.384. The molecule has 0 N–H and O–H groups in total. The molecule has 0 saturated carbocycles. The van der Waals surface area contributed by atoms with Gasteiger partial charge in [-0.3, -0.25) is 14.9 Å². The molecule has 2 saturated heterocycles. The topological polar surface area (TPSA) is 101 Å². The van der Waals surface area contributed by atoms with Crippen molar-refractivity contribution in [2.24, 2.45) is 5.41 Å². The third-order valence-corrected chi connectivity index (χ3v) is 9.59. The Morgan fingerprint density at radius 2 is 1.78 bits per heavy atom. The van der Waals surface area contributed by atoms with E-state index in [-0.39, 0.29) is 17.0 Å². The highest BCUT2D eigenvalue weighted by atomic mass is 32.2. The monoisotopic (exact) mass is 511 g/mol. The highest BCUT2D eigenvalue weighted by molar-refractivity contribution is 7.89. The highest BCUT2D eigenvalue weighted by Crippen LogP contribution is 2.42. The predicted molar refractivity (Wildman–Crippen MR) is 139 cm³/mol. The number of hydrogen-bond acceptors (Lipinski definition) is 5. The lowest BCUT2D eigenvalue weighted by atomic mass is 9.78. The van der Waals surface area contributed by atoms with Gasteiger partial charge in [0.05, 0.1) is 9.82 Å². The summed E-state index contributed by atoms with van der Waals surface area (Å²) in [6, 6.07) is 11.8. The van der Waals surface area contributed by atoms with Crippen LogP contribution in [0.15, 0.2) is 52.9 Å². The Hall–Kier alpha value is -3.04. The van der Waals surface area contributed by atoms with Crippen LogP contribution in [0.1, 0.15) is 49.3 Å². The number of benzene rings is 2. The molecule has 2 heterocycles. The molecule has 0 unspecified atom stereocenters. The lowest BCUT2D eigenvalue weighted by Crippen LogP contribution is -2.44. The number of sulfonamides is 1. The van der Waals surface area contributed by atoms with Crippen LogP contribution in [-0.2, 0) is 14.8 Å². The molecule has 1 spiro atoms. The fraction of sp³-hybridized carbons (Fsp3) is 0.444. The van der Waals surface area contributed by atoms with Gasteiger partial charge in [-0.2, -0.15) is 4.31 Å². The van der Waals surface area contributed by atoms with Crippen LogP contribution in [0.2, 0.25) is 0 Å². The summed E-state index contributed by atoms with van der Waals surface area (Å²) >= 11 is 0. The molecule has 2 fully saturated rings. The van der Waals surface area contributed by atoms with Gasteiger partial charge in [0, 0.05) is 43.9 Å². The van der Waals surface area contributed by atoms with Crippen LogP contribution in [0.25, 0.3) is 6.08 Å². The van der Waals surface area contributed by atoms with Crippen LogP contribution >= 0.6 is 0 Å². The summed E-state index contributed by atoms with van der Waals surface area (Å²) in [5, 5.41) is 11.1. The first-order chi connectivity index (χ1) is 17.0. The summed E-state index contributed by atoms with van der Waals surface area (Å²) in [6.45, 7) is 7.76. The second-order valence-electron chi connectivity index (χ2n) is 10.0. The first-order valence-corrected chi connectivity index (χ1v) is 13.8. The molecule has 0 bridgehead atoms. The van der Waals surface area contributed by atoms with Gasteiger partial charge < -0.3 is 4.90 Å². The largest absolute Gasteiger partial charge is 0.338 e. The van der Waals surface area contributed by atoms with Crippen molar-refractivity contribution < 1.29 is 18.1 Å². The number of nitro benzene ring substituents is 1. The van der Waals surface area contributed by atoms with Crippen LogP contribution in [0.3, 0.4) is 0 Å². The van der Waals surface area contributed by atoms with Crippen molar-refractivity contribution in [3.8, 4) is 0 Å². The van der Waals surface area contributed by atoms with E-state index >= 15 is 0 Å². The van der Waals surface area contributed by atoms with Gasteiger partial charge in [0.2, 0.25) is 15.9 Å². The summed E-state index contributed by atoms with van der Waals surface area (Å²) in [7, 11) is -3.56. The van der Waals surface area contributed by atoms with E-state index in [2.05, 4.69) is 0 Å². The number of rotatable bonds is 6. The number of piperidine rings is 1. The number of aryl methyl sites for hydroxylation is 2. The SMILES string of the molecule is CC/C(=C/c1cccc([N+](=O)[O-])c1)C(=O)N1CCC2(CCN(S(=O)(=O)c3cc(C)ccc3C)CC2)C1. The van der Waals surface area contributed by atoms with E-state index in [4.69, 9.17) is 0 Å². The smallest absolute Gasteiger partial charge is 0.270 e. The number of amides is 1. The van der Waals surface area contributed by atoms with E-state index in [0.717, 1.165) is 30.4 Å². The number of carbonyl (C=O) groups is 1. The number of non-ortho nitro benzene ring substituents is 1. The minimum atomic E-state index is -3.56. The van der Waals surface area contributed by atoms with Crippen molar-refractivity contribution in [3.63, 3.8) is 0 Å². The van der Waals surface area contributed by atoms with E-state index in [1.54, 1.807) is 28.6 Å². The van der Waals surface area contributed by atoms with Crippen LogP contribution in [0.5, 0.6) is 0 Å². The van der Waals surface area contributed by atoms with Crippen LogP contribution in [0.4, 0.5) is 5.69 Å². The van der Waals surface area contributed by atoms with Gasteiger partial charge >= 0.3 is 0 Å². The molecule has 9 heteroatoms. The average Bonchev–Trinajstić information content (AvgIpc) is 3.27. The molecule has 2 aromatic carbocycles. The van der Waals surface area contributed by atoms with Crippen molar-refractivity contribution in [2.75, 3.05) is 26.2 Å². The predicted octanol–water partition coefficient (Wildman–Crippen LogP) is 4.71. The van der Waals surface area contributed by atoms with E-state index < -0.39 is 14.9 Å². The molecule has 0 aliphatic carbocycles. The second-order valence-corrected chi connectivity index (χ2v) is 11.9. The van der Waals surface area contributed by atoms with Gasteiger partial charge in [-0.25, -0.2) is 8.42 Å². The zero-order valence-corrected chi connectivity index (χ0v) is 21.9. The van der Waals surface area contributed by atoms with Crippen LogP contribution < -0.4 is 0 Å². The van der Waals surface area contributed by atoms with Gasteiger partial charge in [0.1, 0.15) is 0 Å². The zero-order valence-electron chi connectivity index (χ0n) is 21.1. The number of likely N-dealkylation sites (tertiary alicyclic amines) is 1. The first kappa shape index (κ1) is 26.0. The molecule has 1 amide bonds. The van der Waals surface area contributed by atoms with Crippen molar-refractivity contribution >= 4 is 27.7 Å². The Morgan fingerprint density at radius 3 is 2.44 bits per heavy atom. The third kappa shape index (κ3) is 5.22. The van der Waals surface area contributed by atoms with Crippen molar-refractivity contribution in [1.82, 2.24) is 9.21 Å². The average molecular weight is 512 g/mol. The third-order valence-electron chi connectivity index (χ3n) is 7.55. The number of nitrogens with zero attached hydrogens (tertiary/aromatic N) is 3. The van der Waals surface area contributed by atoms with Gasteiger partial charge in [-0.15, -0.1) is 0 Å². The van der Waals surface area contributed by atoms with Crippen LogP contribution in [0, 0.1) is 29.4 Å². The lowest BCUT2D eigenvalue weighted by Gasteiger charge is -2.38. The molecule has 36 heavy (non-hydrogen) atoms. The summed E-state index contributed by atoms with van der Waals surface area (Å²) in [5.41, 5.74) is 2.84. The Bertz CT molecular complexity index is 1310. The van der Waals surface area contributed by atoms with Gasteiger partial charge in [0.25, 0.3) is 5.69 Å². The summed E-state index contributed by atoms with van der Waals surface area (Å²) in [5.74, 6) is -0.0497. The molecule has 2 aliphatic heterocycles. The summed E-state index contributed by atoms with van der Waals surface area (Å²) in [4.78, 5) is 26.2. The molecule has 4 rings (SSSR count). The molecule has 2 aliphatic rings. The standard InChI is InChI=1S/C27H33N3O5S/c1-4-23(17-22-6-5-7-24(18-22)30(32)33)26(31)28-13-10-27(19-28)11-14-29(15-12-27)36(34,35)25-16-20(2)8-9-21(25)3/h5-9,16-18H,4,10-15,19H2,1-3H3/b23-17-. The maximum atomic E-state index is 13.3. The quantitative estimate of drug-likeness (QED) is 0.318. The molecular formula is C27H33N3O5S. The summed E-state index contributed by atoms with van der Waals surface area (Å²) in [6.07, 6.45) is 4.55. The highest BCUT2D eigenvalue weighted by Gasteiger charge is 2.44. The minimum absolute atomic E-state index is 0.00523. The number of nitro groups is 1. The fourth-order valence-corrected chi connectivity index (χ4v) is 7.04. The molecule has 2 aromatic rings. The molecule has 8 nitrogen and oxygen atoms in total. The molecule has 192 valence electrons. The first-order valence-electron chi connectivity index (χ1n) is 12.4. The second kappa shape index (κ2) is 10.1. The molecule has 0 aromatic heterocycles. The summed E-state index contributed by atoms with van der Waals surface area (Å²) < 4.78 is 28.2. The van der Waals surface area contributed by atoms with E-state index in [1.165, 1.54) is 12.1 Å². The van der Waals surface area contributed by atoms with E-state index in [9.17, 15) is 23.3 Å². The minimum Gasteiger partial charge on any atom is -0.338 e. The molecule has 0 atom stereocenters. The normalized spacial score (nSPS) is 18.5. The van der Waals surface area contributed by atoms with Crippen molar-refractivity contribution in [3.05, 3.63) is 74.8 Å². The maximum absolute atomic E-state index is 13.3. The van der Waals surface area contributed by atoms with Gasteiger partial charge in [-0.05, 0) is 73.8 Å². The number of carbonyl (C=O) groups excluding carboxylic acids is 1. The fourth-order valence-electron chi connectivity index (χ4n) is 5.29. The van der Waals surface area contributed by atoms with Gasteiger partial charge in [0.15, 0.2) is 0 Å². The Morgan fingerprint density at radius 1 is 1.08 bits per heavy atom. The van der Waals surface area contributed by atoms with E-state index in [0.29, 0.717) is 48.6 Å². The zero-order chi connectivity index (χ0) is 26.1. The number of hydrogen-bond donors (Lipinski definition) is 0. The Balaban J connectivity index is 1.44. The maximum Gasteiger partial charge on any atom is 0.270 e.